The molecular weight excluding hydrogens is 222 g/mol. The third kappa shape index (κ3) is 1.40. The highest BCUT2D eigenvalue weighted by Gasteiger charge is 2.23. The standard InChI is InChI=1S/C12H13NO2S/c1-6-3-4-8-9(5-6)16-11-10(8)12(14)15-7(2)13-11/h6H,3-5H2,1-2H3/t6-/m1/s1. The van der Waals surface area contributed by atoms with Crippen LogP contribution in [-0.2, 0) is 12.8 Å². The van der Waals surface area contributed by atoms with Crippen LogP contribution in [0.5, 0.6) is 0 Å². The van der Waals surface area contributed by atoms with E-state index in [-0.39, 0.29) is 5.63 Å². The second-order valence-electron chi connectivity index (χ2n) is 4.55. The fourth-order valence-electron chi connectivity index (χ4n) is 2.38. The Morgan fingerprint density at radius 1 is 1.50 bits per heavy atom. The van der Waals surface area contributed by atoms with Gasteiger partial charge in [-0.05, 0) is 30.7 Å². The van der Waals surface area contributed by atoms with Crippen LogP contribution in [0, 0.1) is 12.8 Å². The van der Waals surface area contributed by atoms with Crippen molar-refractivity contribution in [3.63, 3.8) is 0 Å². The number of aromatic nitrogens is 1. The van der Waals surface area contributed by atoms with E-state index in [1.807, 2.05) is 0 Å². The van der Waals surface area contributed by atoms with E-state index in [4.69, 9.17) is 4.42 Å². The van der Waals surface area contributed by atoms with Gasteiger partial charge in [0.2, 0.25) is 0 Å². The zero-order valence-corrected chi connectivity index (χ0v) is 10.2. The minimum atomic E-state index is -0.213. The van der Waals surface area contributed by atoms with E-state index < -0.39 is 0 Å². The van der Waals surface area contributed by atoms with E-state index >= 15 is 0 Å². The van der Waals surface area contributed by atoms with E-state index in [1.54, 1.807) is 18.3 Å². The molecule has 0 amide bonds. The number of fused-ring (bicyclic) bond motifs is 3. The molecule has 2 aromatic rings. The highest BCUT2D eigenvalue weighted by molar-refractivity contribution is 7.18. The molecule has 2 aromatic heterocycles. The molecule has 0 bridgehead atoms. The summed E-state index contributed by atoms with van der Waals surface area (Å²) >= 11 is 1.66. The Labute approximate surface area is 97.1 Å². The lowest BCUT2D eigenvalue weighted by atomic mass is 9.89. The molecule has 16 heavy (non-hydrogen) atoms. The van der Waals surface area contributed by atoms with E-state index in [0.29, 0.717) is 11.8 Å². The van der Waals surface area contributed by atoms with Crippen LogP contribution in [-0.4, -0.2) is 4.98 Å². The highest BCUT2D eigenvalue weighted by atomic mass is 32.1. The maximum atomic E-state index is 11.8. The summed E-state index contributed by atoms with van der Waals surface area (Å²) in [5, 5.41) is 0.734. The van der Waals surface area contributed by atoms with Crippen molar-refractivity contribution in [1.29, 1.82) is 0 Å². The van der Waals surface area contributed by atoms with Crippen LogP contribution in [0.2, 0.25) is 0 Å². The van der Waals surface area contributed by atoms with Gasteiger partial charge in [0.15, 0.2) is 5.89 Å². The summed E-state index contributed by atoms with van der Waals surface area (Å²) in [6.07, 6.45) is 3.23. The van der Waals surface area contributed by atoms with Gasteiger partial charge in [0.1, 0.15) is 10.2 Å². The molecular formula is C12H13NO2S. The first-order chi connectivity index (χ1) is 7.65. The monoisotopic (exact) mass is 235 g/mol. The van der Waals surface area contributed by atoms with Crippen LogP contribution in [0.1, 0.15) is 29.7 Å². The Morgan fingerprint density at radius 3 is 3.12 bits per heavy atom. The molecule has 0 fully saturated rings. The summed E-state index contributed by atoms with van der Waals surface area (Å²) in [7, 11) is 0. The quantitative estimate of drug-likeness (QED) is 0.705. The molecule has 0 radical (unpaired) electrons. The highest BCUT2D eigenvalue weighted by Crippen LogP contribution is 2.35. The Morgan fingerprint density at radius 2 is 2.31 bits per heavy atom. The number of hydrogen-bond acceptors (Lipinski definition) is 4. The normalized spacial score (nSPS) is 20.0. The Hall–Kier alpha value is -1.16. The molecule has 0 spiro atoms. The van der Waals surface area contributed by atoms with Gasteiger partial charge >= 0.3 is 5.63 Å². The van der Waals surface area contributed by atoms with Crippen molar-refractivity contribution >= 4 is 21.6 Å². The van der Waals surface area contributed by atoms with E-state index in [0.717, 1.165) is 29.5 Å². The minimum Gasteiger partial charge on any atom is -0.408 e. The maximum absolute atomic E-state index is 11.8. The molecule has 0 aliphatic heterocycles. The van der Waals surface area contributed by atoms with Crippen LogP contribution in [0.25, 0.3) is 10.2 Å². The van der Waals surface area contributed by atoms with Gasteiger partial charge < -0.3 is 4.42 Å². The molecule has 0 aromatic carbocycles. The Balaban J connectivity index is 2.33. The number of hydrogen-bond donors (Lipinski definition) is 0. The molecule has 0 saturated carbocycles. The third-order valence-electron chi connectivity index (χ3n) is 3.20. The molecule has 3 nitrogen and oxygen atoms in total. The van der Waals surface area contributed by atoms with E-state index in [2.05, 4.69) is 11.9 Å². The fraction of sp³-hybridized carbons (Fsp3) is 0.500. The van der Waals surface area contributed by atoms with Crippen molar-refractivity contribution in [3.8, 4) is 0 Å². The van der Waals surface area contributed by atoms with Gasteiger partial charge in [0.25, 0.3) is 0 Å². The number of nitrogens with zero attached hydrogens (tertiary/aromatic N) is 1. The average Bonchev–Trinajstić information content (AvgIpc) is 2.54. The molecule has 3 rings (SSSR count). The summed E-state index contributed by atoms with van der Waals surface area (Å²) in [6, 6.07) is 0. The predicted octanol–water partition coefficient (Wildman–Crippen LogP) is 2.68. The molecule has 1 aliphatic rings. The lowest BCUT2D eigenvalue weighted by Crippen LogP contribution is -2.11. The smallest absolute Gasteiger partial charge is 0.348 e. The van der Waals surface area contributed by atoms with Gasteiger partial charge in [-0.25, -0.2) is 9.78 Å². The van der Waals surface area contributed by atoms with Gasteiger partial charge in [-0.2, -0.15) is 0 Å². The van der Waals surface area contributed by atoms with Crippen LogP contribution in [0.3, 0.4) is 0 Å². The van der Waals surface area contributed by atoms with Crippen LogP contribution >= 0.6 is 11.3 Å². The molecule has 84 valence electrons. The largest absolute Gasteiger partial charge is 0.408 e. The zero-order chi connectivity index (χ0) is 11.3. The molecule has 0 N–H and O–H groups in total. The van der Waals surface area contributed by atoms with E-state index in [9.17, 15) is 4.79 Å². The maximum Gasteiger partial charge on any atom is 0.348 e. The molecule has 0 unspecified atom stereocenters. The van der Waals surface area contributed by atoms with Crippen molar-refractivity contribution in [2.24, 2.45) is 5.92 Å². The lowest BCUT2D eigenvalue weighted by molar-refractivity contribution is 0.465. The van der Waals surface area contributed by atoms with Crippen molar-refractivity contribution in [2.45, 2.75) is 33.1 Å². The molecule has 1 aliphatic carbocycles. The fourth-order valence-corrected chi connectivity index (χ4v) is 3.79. The van der Waals surface area contributed by atoms with Gasteiger partial charge in [-0.3, -0.25) is 0 Å². The first-order valence-electron chi connectivity index (χ1n) is 5.57. The number of aryl methyl sites for hydroxylation is 2. The molecule has 1 atom stereocenters. The summed E-state index contributed by atoms with van der Waals surface area (Å²) < 4.78 is 5.08. The molecule has 4 heteroatoms. The summed E-state index contributed by atoms with van der Waals surface area (Å²) in [6.45, 7) is 3.98. The first kappa shape index (κ1) is 10.0. The van der Waals surface area contributed by atoms with Crippen molar-refractivity contribution in [1.82, 2.24) is 4.98 Å². The van der Waals surface area contributed by atoms with Gasteiger partial charge in [0, 0.05) is 11.8 Å². The van der Waals surface area contributed by atoms with Crippen molar-refractivity contribution in [3.05, 3.63) is 26.8 Å². The average molecular weight is 235 g/mol. The zero-order valence-electron chi connectivity index (χ0n) is 9.37. The summed E-state index contributed by atoms with van der Waals surface area (Å²) in [5.74, 6) is 1.18. The molecule has 2 heterocycles. The van der Waals surface area contributed by atoms with Crippen LogP contribution < -0.4 is 5.63 Å². The number of thiophene rings is 1. The summed E-state index contributed by atoms with van der Waals surface area (Å²) in [4.78, 5) is 18.3. The van der Waals surface area contributed by atoms with E-state index in [1.165, 1.54) is 10.4 Å². The second-order valence-corrected chi connectivity index (χ2v) is 5.64. The van der Waals surface area contributed by atoms with Gasteiger partial charge in [-0.1, -0.05) is 6.92 Å². The predicted molar refractivity (Wildman–Crippen MR) is 64.1 cm³/mol. The minimum absolute atomic E-state index is 0.213. The third-order valence-corrected chi connectivity index (χ3v) is 4.34. The lowest BCUT2D eigenvalue weighted by Gasteiger charge is -2.17. The topological polar surface area (TPSA) is 43.1 Å². The number of rotatable bonds is 0. The van der Waals surface area contributed by atoms with Crippen molar-refractivity contribution in [2.75, 3.05) is 0 Å². The van der Waals surface area contributed by atoms with Crippen LogP contribution in [0.15, 0.2) is 9.21 Å². The first-order valence-corrected chi connectivity index (χ1v) is 6.39. The Kier molecular flexibility index (Phi) is 2.14. The van der Waals surface area contributed by atoms with Crippen LogP contribution in [0.4, 0.5) is 0 Å². The van der Waals surface area contributed by atoms with Gasteiger partial charge in [-0.15, -0.1) is 11.3 Å². The Bertz CT molecular complexity index is 611. The van der Waals surface area contributed by atoms with Gasteiger partial charge in [0.05, 0.1) is 0 Å². The molecule has 0 saturated heterocycles. The SMILES string of the molecule is Cc1nc2sc3c(c2c(=O)o1)CC[C@@H](C)C3. The summed E-state index contributed by atoms with van der Waals surface area (Å²) in [5.41, 5.74) is 0.980. The van der Waals surface area contributed by atoms with Crippen molar-refractivity contribution < 1.29 is 4.42 Å². The second kappa shape index (κ2) is 3.42.